The summed E-state index contributed by atoms with van der Waals surface area (Å²) < 4.78 is 1.83. The van der Waals surface area contributed by atoms with Crippen LogP contribution in [-0.2, 0) is 0 Å². The maximum Gasteiger partial charge on any atom is 0.206 e. The molecule has 0 spiro atoms. The summed E-state index contributed by atoms with van der Waals surface area (Å²) in [6, 6.07) is 11.5. The Kier molecular flexibility index (Phi) is 5.58. The van der Waals surface area contributed by atoms with Crippen molar-refractivity contribution in [1.29, 1.82) is 0 Å². The molecule has 2 heterocycles. The maximum atomic E-state index is 6.14. The lowest BCUT2D eigenvalue weighted by atomic mass is 10.2. The molecule has 4 nitrogen and oxygen atoms in total. The largest absolute Gasteiger partial charge is 0.264 e. The van der Waals surface area contributed by atoms with E-state index in [1.807, 2.05) is 53.4 Å². The Morgan fingerprint density at radius 3 is 2.96 bits per heavy atom. The highest BCUT2D eigenvalue weighted by atomic mass is 35.5. The SMILES string of the molecule is C=C(C)CN=c1scc(-c2cccc(Cl)c2)n1N=Cc1cccnc1. The van der Waals surface area contributed by atoms with Crippen molar-refractivity contribution >= 4 is 29.2 Å². The van der Waals surface area contributed by atoms with Crippen molar-refractivity contribution in [3.8, 4) is 11.3 Å². The molecule has 0 saturated carbocycles. The molecule has 6 heteroatoms. The maximum absolute atomic E-state index is 6.14. The van der Waals surface area contributed by atoms with Gasteiger partial charge in [0, 0.05) is 33.9 Å². The van der Waals surface area contributed by atoms with Gasteiger partial charge in [0.25, 0.3) is 0 Å². The van der Waals surface area contributed by atoms with Crippen molar-refractivity contribution in [2.24, 2.45) is 10.1 Å². The minimum Gasteiger partial charge on any atom is -0.264 e. The fourth-order valence-electron chi connectivity index (χ4n) is 2.14. The first-order chi connectivity index (χ1) is 12.1. The third-order valence-corrected chi connectivity index (χ3v) is 4.39. The normalized spacial score (nSPS) is 12.0. The fraction of sp³-hybridized carbons (Fsp3) is 0.105. The highest BCUT2D eigenvalue weighted by molar-refractivity contribution is 7.07. The van der Waals surface area contributed by atoms with Gasteiger partial charge in [-0.1, -0.05) is 42.0 Å². The zero-order chi connectivity index (χ0) is 17.6. The smallest absolute Gasteiger partial charge is 0.206 e. The van der Waals surface area contributed by atoms with Crippen LogP contribution in [0.3, 0.4) is 0 Å². The van der Waals surface area contributed by atoms with Gasteiger partial charge in [-0.05, 0) is 25.1 Å². The number of hydrogen-bond donors (Lipinski definition) is 0. The van der Waals surface area contributed by atoms with E-state index < -0.39 is 0 Å². The van der Waals surface area contributed by atoms with Crippen LogP contribution in [0.1, 0.15) is 12.5 Å². The van der Waals surface area contributed by atoms with Crippen LogP contribution in [0, 0.1) is 0 Å². The van der Waals surface area contributed by atoms with E-state index in [0.717, 1.165) is 27.2 Å². The lowest BCUT2D eigenvalue weighted by Gasteiger charge is -2.04. The average Bonchev–Trinajstić information content (AvgIpc) is 3.02. The van der Waals surface area contributed by atoms with Crippen LogP contribution in [0.25, 0.3) is 11.3 Å². The zero-order valence-electron chi connectivity index (χ0n) is 13.8. The molecule has 3 aromatic rings. The van der Waals surface area contributed by atoms with Gasteiger partial charge in [0.2, 0.25) is 4.80 Å². The number of hydrogen-bond acceptors (Lipinski definition) is 4. The standard InChI is InChI=1S/C19H17ClN4S/c1-14(2)10-22-19-24(23-12-15-5-4-8-21-11-15)18(13-25-19)16-6-3-7-17(20)9-16/h3-9,11-13H,1,10H2,2H3. The summed E-state index contributed by atoms with van der Waals surface area (Å²) in [4.78, 5) is 9.52. The topological polar surface area (TPSA) is 42.5 Å². The van der Waals surface area contributed by atoms with Crippen molar-refractivity contribution in [2.45, 2.75) is 6.92 Å². The van der Waals surface area contributed by atoms with Crippen molar-refractivity contribution < 1.29 is 0 Å². The first-order valence-corrected chi connectivity index (χ1v) is 8.95. The monoisotopic (exact) mass is 368 g/mol. The molecule has 0 fully saturated rings. The second kappa shape index (κ2) is 8.05. The first kappa shape index (κ1) is 17.3. The van der Waals surface area contributed by atoms with Crippen molar-refractivity contribution in [3.05, 3.63) is 81.7 Å². The predicted octanol–water partition coefficient (Wildman–Crippen LogP) is 4.62. The summed E-state index contributed by atoms with van der Waals surface area (Å²) in [7, 11) is 0. The van der Waals surface area contributed by atoms with Crippen LogP contribution >= 0.6 is 22.9 Å². The Morgan fingerprint density at radius 1 is 1.36 bits per heavy atom. The molecule has 0 bridgehead atoms. The predicted molar refractivity (Wildman–Crippen MR) is 105 cm³/mol. The molecule has 0 aliphatic carbocycles. The number of halogens is 1. The summed E-state index contributed by atoms with van der Waals surface area (Å²) in [5, 5.41) is 7.33. The molecule has 0 saturated heterocycles. The molecular formula is C19H17ClN4S. The summed E-state index contributed by atoms with van der Waals surface area (Å²) in [6.07, 6.45) is 5.27. The fourth-order valence-corrected chi connectivity index (χ4v) is 3.17. The number of thiazole rings is 1. The summed E-state index contributed by atoms with van der Waals surface area (Å²) >= 11 is 7.68. The van der Waals surface area contributed by atoms with E-state index in [-0.39, 0.29) is 0 Å². The minimum absolute atomic E-state index is 0.567. The van der Waals surface area contributed by atoms with Gasteiger partial charge in [0.15, 0.2) is 0 Å². The Hall–Kier alpha value is -2.50. The highest BCUT2D eigenvalue weighted by Crippen LogP contribution is 2.23. The van der Waals surface area contributed by atoms with Gasteiger partial charge < -0.3 is 0 Å². The Labute approximate surface area is 155 Å². The highest BCUT2D eigenvalue weighted by Gasteiger charge is 2.08. The number of benzene rings is 1. The van der Waals surface area contributed by atoms with Crippen molar-refractivity contribution in [3.63, 3.8) is 0 Å². The first-order valence-electron chi connectivity index (χ1n) is 7.69. The van der Waals surface area contributed by atoms with Gasteiger partial charge in [-0.3, -0.25) is 9.98 Å². The van der Waals surface area contributed by atoms with Gasteiger partial charge in [-0.2, -0.15) is 5.10 Å². The van der Waals surface area contributed by atoms with Crippen molar-refractivity contribution in [2.75, 3.05) is 6.54 Å². The van der Waals surface area contributed by atoms with E-state index in [1.54, 1.807) is 18.6 Å². The molecule has 3 rings (SSSR count). The molecule has 126 valence electrons. The van der Waals surface area contributed by atoms with Crippen molar-refractivity contribution in [1.82, 2.24) is 9.66 Å². The number of pyridine rings is 1. The lowest BCUT2D eigenvalue weighted by molar-refractivity contribution is 0.836. The summed E-state index contributed by atoms with van der Waals surface area (Å²) in [5.74, 6) is 0. The van der Waals surface area contributed by atoms with Crippen LogP contribution < -0.4 is 4.80 Å². The van der Waals surface area contributed by atoms with Gasteiger partial charge in [-0.15, -0.1) is 11.3 Å². The van der Waals surface area contributed by atoms with E-state index in [2.05, 4.69) is 21.7 Å². The molecule has 25 heavy (non-hydrogen) atoms. The number of rotatable bonds is 5. The molecular weight excluding hydrogens is 352 g/mol. The number of aromatic nitrogens is 2. The van der Waals surface area contributed by atoms with E-state index in [4.69, 9.17) is 11.6 Å². The van der Waals surface area contributed by atoms with Crippen LogP contribution in [-0.4, -0.2) is 22.4 Å². The quantitative estimate of drug-likeness (QED) is 0.478. The average molecular weight is 369 g/mol. The van der Waals surface area contributed by atoms with Crippen LogP contribution in [0.4, 0.5) is 0 Å². The minimum atomic E-state index is 0.567. The molecule has 0 radical (unpaired) electrons. The lowest BCUT2D eigenvalue weighted by Crippen LogP contribution is -2.13. The van der Waals surface area contributed by atoms with Gasteiger partial charge in [0.1, 0.15) is 0 Å². The van der Waals surface area contributed by atoms with Crippen LogP contribution in [0.15, 0.2) is 76.4 Å². The Balaban J connectivity index is 2.08. The van der Waals surface area contributed by atoms with E-state index >= 15 is 0 Å². The van der Waals surface area contributed by atoms with Gasteiger partial charge >= 0.3 is 0 Å². The zero-order valence-corrected chi connectivity index (χ0v) is 15.3. The Morgan fingerprint density at radius 2 is 2.24 bits per heavy atom. The molecule has 0 amide bonds. The van der Waals surface area contributed by atoms with E-state index in [0.29, 0.717) is 11.6 Å². The molecule has 0 aliphatic rings. The van der Waals surface area contributed by atoms with Gasteiger partial charge in [-0.25, -0.2) is 4.68 Å². The molecule has 0 unspecified atom stereocenters. The van der Waals surface area contributed by atoms with Gasteiger partial charge in [0.05, 0.1) is 18.5 Å². The van der Waals surface area contributed by atoms with E-state index in [9.17, 15) is 0 Å². The third-order valence-electron chi connectivity index (χ3n) is 3.30. The molecule has 1 aromatic carbocycles. The molecule has 0 atom stereocenters. The van der Waals surface area contributed by atoms with Crippen LogP contribution in [0.2, 0.25) is 5.02 Å². The van der Waals surface area contributed by atoms with Crippen LogP contribution in [0.5, 0.6) is 0 Å². The molecule has 0 aliphatic heterocycles. The third kappa shape index (κ3) is 4.53. The number of nitrogens with zero attached hydrogens (tertiary/aromatic N) is 4. The second-order valence-corrected chi connectivity index (χ2v) is 6.80. The Bertz CT molecular complexity index is 970. The second-order valence-electron chi connectivity index (χ2n) is 5.53. The summed E-state index contributed by atoms with van der Waals surface area (Å²) in [6.45, 7) is 6.43. The van der Waals surface area contributed by atoms with E-state index in [1.165, 1.54) is 11.3 Å². The summed E-state index contributed by atoms with van der Waals surface area (Å²) in [5.41, 5.74) is 3.85. The molecule has 2 aromatic heterocycles. The molecule has 0 N–H and O–H groups in total.